The number of nitrogens with zero attached hydrogens (tertiary/aromatic N) is 2. The van der Waals surface area contributed by atoms with Crippen LogP contribution < -0.4 is 4.57 Å². The van der Waals surface area contributed by atoms with Crippen molar-refractivity contribution in [2.75, 3.05) is 0 Å². The standard InChI is InChI=1S/C9H6F3N3O2/c1-14-7-3-2-5(15(16)17)4-6(7)13-8(14)9(10,11)12/h2-4H,1H3/p+1. The molecule has 0 aliphatic carbocycles. The van der Waals surface area contributed by atoms with Gasteiger partial charge in [-0.1, -0.05) is 0 Å². The van der Waals surface area contributed by atoms with Crippen molar-refractivity contribution in [3.05, 3.63) is 34.1 Å². The molecule has 17 heavy (non-hydrogen) atoms. The molecule has 1 aromatic carbocycles. The molecule has 1 heterocycles. The van der Waals surface area contributed by atoms with Crippen molar-refractivity contribution in [2.24, 2.45) is 7.05 Å². The van der Waals surface area contributed by atoms with E-state index in [-0.39, 0.29) is 16.7 Å². The van der Waals surface area contributed by atoms with Gasteiger partial charge in [0.15, 0.2) is 11.0 Å². The summed E-state index contributed by atoms with van der Waals surface area (Å²) in [5.41, 5.74) is 0.0741. The molecule has 0 atom stereocenters. The fourth-order valence-corrected chi connectivity index (χ4v) is 1.62. The number of hydrogen-bond acceptors (Lipinski definition) is 2. The van der Waals surface area contributed by atoms with Gasteiger partial charge in [0, 0.05) is 6.07 Å². The number of benzene rings is 1. The van der Waals surface area contributed by atoms with Crippen LogP contribution in [0.15, 0.2) is 18.2 Å². The first-order valence-electron chi connectivity index (χ1n) is 4.54. The van der Waals surface area contributed by atoms with Gasteiger partial charge in [-0.15, -0.1) is 0 Å². The summed E-state index contributed by atoms with van der Waals surface area (Å²) in [4.78, 5) is 12.0. The topological polar surface area (TPSA) is 62.8 Å². The highest BCUT2D eigenvalue weighted by Gasteiger charge is 2.43. The number of halogens is 3. The van der Waals surface area contributed by atoms with Gasteiger partial charge in [0.1, 0.15) is 0 Å². The lowest BCUT2D eigenvalue weighted by Gasteiger charge is -1.98. The lowest BCUT2D eigenvalue weighted by atomic mass is 10.3. The van der Waals surface area contributed by atoms with Gasteiger partial charge in [0.05, 0.1) is 18.0 Å². The summed E-state index contributed by atoms with van der Waals surface area (Å²) in [6, 6.07) is 3.51. The zero-order valence-electron chi connectivity index (χ0n) is 8.58. The largest absolute Gasteiger partial charge is 0.494 e. The fourth-order valence-electron chi connectivity index (χ4n) is 1.62. The van der Waals surface area contributed by atoms with Crippen LogP contribution in [0.2, 0.25) is 0 Å². The quantitative estimate of drug-likeness (QED) is 0.474. The van der Waals surface area contributed by atoms with Gasteiger partial charge in [-0.25, -0.2) is 9.55 Å². The molecule has 8 heteroatoms. The number of H-pyrrole nitrogens is 1. The first kappa shape index (κ1) is 11.4. The maximum atomic E-state index is 12.6. The third-order valence-electron chi connectivity index (χ3n) is 2.41. The molecule has 0 radical (unpaired) electrons. The fraction of sp³-hybridized carbons (Fsp3) is 0.222. The number of fused-ring (bicyclic) bond motifs is 1. The molecule has 0 amide bonds. The van der Waals surface area contributed by atoms with Crippen LogP contribution in [0.5, 0.6) is 0 Å². The van der Waals surface area contributed by atoms with Gasteiger partial charge in [-0.2, -0.15) is 13.2 Å². The maximum absolute atomic E-state index is 12.6. The number of alkyl halides is 3. The van der Waals surface area contributed by atoms with E-state index in [1.54, 1.807) is 0 Å². The molecule has 0 saturated heterocycles. The number of nitro groups is 1. The summed E-state index contributed by atoms with van der Waals surface area (Å²) in [6.07, 6.45) is -4.53. The van der Waals surface area contributed by atoms with E-state index in [1.807, 2.05) is 0 Å². The lowest BCUT2D eigenvalue weighted by molar-refractivity contribution is -0.666. The number of non-ortho nitro benzene ring substituents is 1. The number of aromatic nitrogens is 2. The molecule has 0 unspecified atom stereocenters. The van der Waals surface area contributed by atoms with Gasteiger partial charge in [-0.05, 0) is 6.07 Å². The Bertz CT molecular complexity index is 603. The van der Waals surface area contributed by atoms with Crippen LogP contribution in [-0.2, 0) is 13.2 Å². The van der Waals surface area contributed by atoms with E-state index in [2.05, 4.69) is 4.98 Å². The van der Waals surface area contributed by atoms with Crippen molar-refractivity contribution < 1.29 is 22.7 Å². The summed E-state index contributed by atoms with van der Waals surface area (Å²) >= 11 is 0. The molecule has 5 nitrogen and oxygen atoms in total. The normalized spacial score (nSPS) is 12.0. The molecule has 0 aliphatic heterocycles. The van der Waals surface area contributed by atoms with E-state index < -0.39 is 16.9 Å². The molecule has 2 aromatic rings. The number of hydrogen-bond donors (Lipinski definition) is 1. The Hall–Kier alpha value is -2.12. The molecule has 2 rings (SSSR count). The number of imidazole rings is 1. The first-order valence-corrected chi connectivity index (χ1v) is 4.54. The summed E-state index contributed by atoms with van der Waals surface area (Å²) in [5.74, 6) is -0.951. The molecule has 1 aromatic heterocycles. The van der Waals surface area contributed by atoms with E-state index in [4.69, 9.17) is 0 Å². The molecule has 0 saturated carbocycles. The Balaban J connectivity index is 2.70. The molecule has 0 bridgehead atoms. The second-order valence-corrected chi connectivity index (χ2v) is 3.49. The Morgan fingerprint density at radius 3 is 2.59 bits per heavy atom. The van der Waals surface area contributed by atoms with Gasteiger partial charge < -0.3 is 0 Å². The van der Waals surface area contributed by atoms with Crippen molar-refractivity contribution in [1.82, 2.24) is 4.98 Å². The Morgan fingerprint density at radius 2 is 2.06 bits per heavy atom. The smallest absolute Gasteiger partial charge is 0.258 e. The third kappa shape index (κ3) is 1.81. The van der Waals surface area contributed by atoms with Crippen LogP contribution in [-0.4, -0.2) is 9.91 Å². The maximum Gasteiger partial charge on any atom is 0.494 e. The van der Waals surface area contributed by atoms with Crippen LogP contribution in [0.25, 0.3) is 11.0 Å². The minimum Gasteiger partial charge on any atom is -0.258 e. The van der Waals surface area contributed by atoms with Gasteiger partial charge in [0.2, 0.25) is 0 Å². The molecular formula is C9H7F3N3O2+. The average molecular weight is 246 g/mol. The van der Waals surface area contributed by atoms with E-state index in [0.29, 0.717) is 0 Å². The van der Waals surface area contributed by atoms with Crippen LogP contribution in [0.4, 0.5) is 18.9 Å². The summed E-state index contributed by atoms with van der Waals surface area (Å²) in [6.45, 7) is 0. The lowest BCUT2D eigenvalue weighted by Crippen LogP contribution is -2.36. The van der Waals surface area contributed by atoms with Crippen molar-refractivity contribution in [3.8, 4) is 0 Å². The predicted octanol–water partition coefficient (Wildman–Crippen LogP) is 1.92. The second kappa shape index (κ2) is 3.44. The number of rotatable bonds is 1. The van der Waals surface area contributed by atoms with Crippen LogP contribution >= 0.6 is 0 Å². The van der Waals surface area contributed by atoms with Crippen molar-refractivity contribution in [1.29, 1.82) is 0 Å². The van der Waals surface area contributed by atoms with Gasteiger partial charge >= 0.3 is 12.0 Å². The highest BCUT2D eigenvalue weighted by atomic mass is 19.4. The zero-order chi connectivity index (χ0) is 12.8. The summed E-state index contributed by atoms with van der Waals surface area (Å²) in [5, 5.41) is 10.5. The van der Waals surface area contributed by atoms with E-state index in [0.717, 1.165) is 16.7 Å². The van der Waals surface area contributed by atoms with Crippen molar-refractivity contribution in [2.45, 2.75) is 6.18 Å². The monoisotopic (exact) mass is 246 g/mol. The minimum absolute atomic E-state index is 0.0778. The number of nitro benzene ring substituents is 1. The van der Waals surface area contributed by atoms with Crippen molar-refractivity contribution in [3.63, 3.8) is 0 Å². The molecular weight excluding hydrogens is 239 g/mol. The highest BCUT2D eigenvalue weighted by Crippen LogP contribution is 2.28. The molecule has 0 spiro atoms. The summed E-state index contributed by atoms with van der Waals surface area (Å²) in [7, 11) is 1.24. The SMILES string of the molecule is C[n+]1c(C(F)(F)F)[nH]c2cc([N+](=O)[O-])ccc21. The number of aryl methyl sites for hydroxylation is 1. The number of nitrogens with one attached hydrogen (secondary N) is 1. The van der Waals surface area contributed by atoms with E-state index >= 15 is 0 Å². The number of aromatic amines is 1. The minimum atomic E-state index is -4.53. The first-order chi connectivity index (χ1) is 7.80. The van der Waals surface area contributed by atoms with Gasteiger partial charge in [0.25, 0.3) is 5.69 Å². The van der Waals surface area contributed by atoms with Crippen LogP contribution in [0, 0.1) is 10.1 Å². The Kier molecular flexibility index (Phi) is 2.30. The predicted molar refractivity (Wildman–Crippen MR) is 51.1 cm³/mol. The molecule has 90 valence electrons. The van der Waals surface area contributed by atoms with Crippen molar-refractivity contribution >= 4 is 16.7 Å². The van der Waals surface area contributed by atoms with Crippen LogP contribution in [0.1, 0.15) is 5.82 Å². The average Bonchev–Trinajstić information content (AvgIpc) is 2.55. The Labute approximate surface area is 92.6 Å². The molecule has 0 fully saturated rings. The molecule has 0 aliphatic rings. The summed E-state index contributed by atoms with van der Waals surface area (Å²) < 4.78 is 38.6. The molecule has 1 N–H and O–H groups in total. The van der Waals surface area contributed by atoms with Gasteiger partial charge in [-0.3, -0.25) is 10.1 Å². The third-order valence-corrected chi connectivity index (χ3v) is 2.41. The van der Waals surface area contributed by atoms with E-state index in [1.165, 1.54) is 13.1 Å². The second-order valence-electron chi connectivity index (χ2n) is 3.49. The highest BCUT2D eigenvalue weighted by molar-refractivity contribution is 5.74. The zero-order valence-corrected chi connectivity index (χ0v) is 8.58. The van der Waals surface area contributed by atoms with Crippen LogP contribution in [0.3, 0.4) is 0 Å². The Morgan fingerprint density at radius 1 is 1.41 bits per heavy atom. The van der Waals surface area contributed by atoms with E-state index in [9.17, 15) is 23.3 Å².